The van der Waals surface area contributed by atoms with Crippen LogP contribution in [0.5, 0.6) is 5.75 Å². The topological polar surface area (TPSA) is 95.8 Å². The Bertz CT molecular complexity index is 1180. The number of ether oxygens (including phenoxy) is 2. The van der Waals surface area contributed by atoms with E-state index in [0.29, 0.717) is 41.8 Å². The van der Waals surface area contributed by atoms with E-state index in [1.54, 1.807) is 23.1 Å². The van der Waals surface area contributed by atoms with Crippen LogP contribution in [-0.2, 0) is 16.1 Å². The molecule has 0 amide bonds. The van der Waals surface area contributed by atoms with Crippen LogP contribution in [0.15, 0.2) is 30.3 Å². The minimum Gasteiger partial charge on any atom is -0.475 e. The van der Waals surface area contributed by atoms with Crippen molar-refractivity contribution in [1.29, 1.82) is 5.41 Å². The lowest BCUT2D eigenvalue weighted by Gasteiger charge is -2.34. The molecule has 0 saturated heterocycles. The first-order chi connectivity index (χ1) is 16.1. The number of carbonyl (C=O) groups excluding carboxylic acids is 2. The van der Waals surface area contributed by atoms with Gasteiger partial charge in [0.2, 0.25) is 6.10 Å². The van der Waals surface area contributed by atoms with Crippen LogP contribution in [0.2, 0.25) is 0 Å². The highest BCUT2D eigenvalue weighted by atomic mass is 16.6. The Kier molecular flexibility index (Phi) is 5.34. The zero-order chi connectivity index (χ0) is 24.2. The van der Waals surface area contributed by atoms with Crippen molar-refractivity contribution in [3.63, 3.8) is 0 Å². The van der Waals surface area contributed by atoms with E-state index in [0.717, 1.165) is 29.8 Å². The lowest BCUT2D eigenvalue weighted by Crippen LogP contribution is -2.45. The predicted molar refractivity (Wildman–Crippen MR) is 128 cm³/mol. The number of nitrogens with zero attached hydrogens (tertiary/aromatic N) is 3. The van der Waals surface area contributed by atoms with Crippen LogP contribution in [-0.4, -0.2) is 59.3 Å². The molecule has 1 atom stereocenters. The van der Waals surface area contributed by atoms with Crippen molar-refractivity contribution < 1.29 is 19.1 Å². The Morgan fingerprint density at radius 2 is 1.97 bits per heavy atom. The molecule has 1 unspecified atom stereocenters. The molecule has 0 spiro atoms. The van der Waals surface area contributed by atoms with Gasteiger partial charge in [-0.1, -0.05) is 6.07 Å². The van der Waals surface area contributed by atoms with Gasteiger partial charge in [0.15, 0.2) is 5.78 Å². The number of hydrogen-bond acceptors (Lipinski definition) is 7. The predicted octanol–water partition coefficient (Wildman–Crippen LogP) is 3.52. The van der Waals surface area contributed by atoms with Crippen LogP contribution < -0.4 is 9.64 Å². The highest BCUT2D eigenvalue weighted by molar-refractivity contribution is 6.04. The van der Waals surface area contributed by atoms with E-state index < -0.39 is 17.7 Å². The molecule has 1 fully saturated rings. The summed E-state index contributed by atoms with van der Waals surface area (Å²) in [5.74, 6) is 0.892. The van der Waals surface area contributed by atoms with Crippen molar-refractivity contribution in [1.82, 2.24) is 9.88 Å². The molecule has 1 aromatic carbocycles. The number of aromatic nitrogens is 1. The fourth-order valence-electron chi connectivity index (χ4n) is 4.39. The summed E-state index contributed by atoms with van der Waals surface area (Å²) in [4.78, 5) is 34.0. The summed E-state index contributed by atoms with van der Waals surface area (Å²) in [5.41, 5.74) is 3.45. The summed E-state index contributed by atoms with van der Waals surface area (Å²) < 4.78 is 11.4. The first-order valence-electron chi connectivity index (χ1n) is 11.7. The van der Waals surface area contributed by atoms with Crippen LogP contribution >= 0.6 is 0 Å². The molecule has 1 N–H and O–H groups in total. The SMILES string of the molecule is CN1CC(C(=O)OC(C)(C)C)Oc2ccc(C(=O)CN3Cc4ccc(C5CC5)nc4C3=N)cc21. The zero-order valence-corrected chi connectivity index (χ0v) is 20.1. The maximum absolute atomic E-state index is 13.1. The third kappa shape index (κ3) is 4.36. The molecule has 34 heavy (non-hydrogen) atoms. The highest BCUT2D eigenvalue weighted by Crippen LogP contribution is 2.40. The van der Waals surface area contributed by atoms with Crippen LogP contribution in [0.3, 0.4) is 0 Å². The van der Waals surface area contributed by atoms with Crippen LogP contribution in [0.4, 0.5) is 5.69 Å². The van der Waals surface area contributed by atoms with Crippen LogP contribution in [0, 0.1) is 5.41 Å². The number of fused-ring (bicyclic) bond motifs is 2. The Hall–Kier alpha value is -3.42. The lowest BCUT2D eigenvalue weighted by atomic mass is 10.1. The number of pyridine rings is 1. The monoisotopic (exact) mass is 462 g/mol. The number of rotatable bonds is 5. The van der Waals surface area contributed by atoms with E-state index in [1.165, 1.54) is 0 Å². The second-order valence-electron chi connectivity index (χ2n) is 10.3. The second kappa shape index (κ2) is 8.11. The molecule has 2 aromatic rings. The van der Waals surface area contributed by atoms with E-state index in [-0.39, 0.29) is 12.3 Å². The molecular formula is C26H30N4O4. The maximum Gasteiger partial charge on any atom is 0.349 e. The van der Waals surface area contributed by atoms with Gasteiger partial charge in [-0.15, -0.1) is 0 Å². The molecule has 0 bridgehead atoms. The minimum atomic E-state index is -0.727. The number of amidine groups is 1. The maximum atomic E-state index is 13.1. The first-order valence-corrected chi connectivity index (χ1v) is 11.7. The molecule has 178 valence electrons. The molecule has 5 rings (SSSR count). The lowest BCUT2D eigenvalue weighted by molar-refractivity contribution is -0.163. The Labute approximate surface area is 199 Å². The van der Waals surface area contributed by atoms with Gasteiger partial charge in [-0.25, -0.2) is 9.78 Å². The normalized spacial score (nSPS) is 19.4. The zero-order valence-electron chi connectivity index (χ0n) is 20.1. The molecule has 1 aliphatic carbocycles. The van der Waals surface area contributed by atoms with Crippen molar-refractivity contribution in [3.05, 3.63) is 52.8 Å². The minimum absolute atomic E-state index is 0.0783. The largest absolute Gasteiger partial charge is 0.475 e. The van der Waals surface area contributed by atoms with Gasteiger partial charge in [-0.3, -0.25) is 10.2 Å². The van der Waals surface area contributed by atoms with E-state index in [2.05, 4.69) is 6.07 Å². The van der Waals surface area contributed by atoms with Gasteiger partial charge in [0.05, 0.1) is 18.8 Å². The van der Waals surface area contributed by atoms with Gasteiger partial charge in [0.1, 0.15) is 22.9 Å². The van der Waals surface area contributed by atoms with Gasteiger partial charge in [0, 0.05) is 36.3 Å². The van der Waals surface area contributed by atoms with Gasteiger partial charge in [-0.2, -0.15) is 0 Å². The number of nitrogens with one attached hydrogen (secondary N) is 1. The molecule has 0 radical (unpaired) electrons. The summed E-state index contributed by atoms with van der Waals surface area (Å²) >= 11 is 0. The summed E-state index contributed by atoms with van der Waals surface area (Å²) in [6.07, 6.45) is 1.60. The number of Topliss-reactive ketones (excluding diaryl/α,β-unsaturated/α-hetero) is 1. The fraction of sp³-hybridized carbons (Fsp3) is 0.462. The average Bonchev–Trinajstić information content (AvgIpc) is 3.58. The van der Waals surface area contributed by atoms with Crippen LogP contribution in [0.25, 0.3) is 0 Å². The number of ketones is 1. The van der Waals surface area contributed by atoms with Gasteiger partial charge in [0.25, 0.3) is 0 Å². The standard InChI is InChI=1S/C26H30N4O4/c1-26(2,3)34-25(32)22-14-29(4)19-11-16(8-10-21(19)33-22)20(31)13-30-12-17-7-9-18(15-5-6-15)28-23(17)24(30)27/h7-11,15,22,27H,5-6,12-14H2,1-4H3. The average molecular weight is 463 g/mol. The van der Waals surface area contributed by atoms with Gasteiger partial charge in [-0.05, 0) is 57.9 Å². The Morgan fingerprint density at radius 1 is 1.21 bits per heavy atom. The van der Waals surface area contributed by atoms with E-state index in [1.807, 2.05) is 38.8 Å². The van der Waals surface area contributed by atoms with E-state index in [9.17, 15) is 9.59 Å². The second-order valence-corrected chi connectivity index (χ2v) is 10.3. The molecule has 1 aromatic heterocycles. The highest BCUT2D eigenvalue weighted by Gasteiger charge is 2.34. The Balaban J connectivity index is 1.27. The van der Waals surface area contributed by atoms with Gasteiger partial charge < -0.3 is 19.3 Å². The smallest absolute Gasteiger partial charge is 0.349 e. The quantitative estimate of drug-likeness (QED) is 0.536. The van der Waals surface area contributed by atoms with Gasteiger partial charge >= 0.3 is 5.97 Å². The fourth-order valence-corrected chi connectivity index (χ4v) is 4.39. The van der Waals surface area contributed by atoms with Crippen molar-refractivity contribution >= 4 is 23.3 Å². The molecule has 8 heteroatoms. The summed E-state index contributed by atoms with van der Waals surface area (Å²) in [6.45, 7) is 6.43. The van der Waals surface area contributed by atoms with Crippen molar-refractivity contribution in [2.75, 3.05) is 25.0 Å². The van der Waals surface area contributed by atoms with Crippen molar-refractivity contribution in [2.24, 2.45) is 0 Å². The number of hydrogen-bond donors (Lipinski definition) is 1. The third-order valence-electron chi connectivity index (χ3n) is 6.30. The number of benzene rings is 1. The number of likely N-dealkylation sites (N-methyl/N-ethyl adjacent to an activating group) is 1. The van der Waals surface area contributed by atoms with Crippen LogP contribution in [0.1, 0.15) is 66.8 Å². The van der Waals surface area contributed by atoms with Crippen molar-refractivity contribution in [3.8, 4) is 5.75 Å². The van der Waals surface area contributed by atoms with E-state index >= 15 is 0 Å². The number of anilines is 1. The molecule has 1 saturated carbocycles. The number of carbonyl (C=O) groups is 2. The summed E-state index contributed by atoms with van der Waals surface area (Å²) in [5, 5.41) is 8.55. The molecule has 2 aliphatic heterocycles. The molecule has 3 heterocycles. The first kappa shape index (κ1) is 22.4. The molecule has 3 aliphatic rings. The third-order valence-corrected chi connectivity index (χ3v) is 6.30. The van der Waals surface area contributed by atoms with Crippen molar-refractivity contribution in [2.45, 2.75) is 57.8 Å². The number of esters is 1. The molecule has 8 nitrogen and oxygen atoms in total. The van der Waals surface area contributed by atoms with E-state index in [4.69, 9.17) is 19.9 Å². The Morgan fingerprint density at radius 3 is 2.68 bits per heavy atom. The summed E-state index contributed by atoms with van der Waals surface area (Å²) in [6, 6.07) is 9.32. The summed E-state index contributed by atoms with van der Waals surface area (Å²) in [7, 11) is 1.86. The molecular weight excluding hydrogens is 432 g/mol.